The van der Waals surface area contributed by atoms with Crippen molar-refractivity contribution in [1.29, 1.82) is 0 Å². The van der Waals surface area contributed by atoms with Crippen LogP contribution in [0, 0.1) is 11.8 Å². The Bertz CT molecular complexity index is 433. The zero-order valence-electron chi connectivity index (χ0n) is 30.6. The highest BCUT2D eigenvalue weighted by molar-refractivity contribution is 4.73. The predicted octanol–water partition coefficient (Wildman–Crippen LogP) is 16.3. The van der Waals surface area contributed by atoms with E-state index in [1.165, 1.54) is 212 Å². The lowest BCUT2D eigenvalue weighted by atomic mass is 9.76. The summed E-state index contributed by atoms with van der Waals surface area (Å²) in [5, 5.41) is 0. The molecule has 2 atom stereocenters. The van der Waals surface area contributed by atoms with Crippen LogP contribution in [-0.2, 0) is 0 Å². The normalized spacial score (nSPS) is 17.4. The molecule has 0 heteroatoms. The average molecular weight is 591 g/mol. The highest BCUT2D eigenvalue weighted by atomic mass is 14.3. The van der Waals surface area contributed by atoms with Crippen LogP contribution in [0.5, 0.6) is 0 Å². The largest absolute Gasteiger partial charge is 0.0654 e. The fourth-order valence-corrected chi connectivity index (χ4v) is 7.38. The first-order valence-corrected chi connectivity index (χ1v) is 20.8. The quantitative estimate of drug-likeness (QED) is 0.0760. The second-order valence-electron chi connectivity index (χ2n) is 14.6. The van der Waals surface area contributed by atoms with Crippen LogP contribution in [0.4, 0.5) is 0 Å². The Kier molecular flexibility index (Phi) is 37.2. The van der Waals surface area contributed by atoms with E-state index in [9.17, 15) is 0 Å². The van der Waals surface area contributed by atoms with Crippen LogP contribution >= 0.6 is 0 Å². The maximum absolute atomic E-state index is 2.36. The minimum Gasteiger partial charge on any atom is -0.0654 e. The number of unbranched alkanes of at least 4 members (excludes halogenated alkanes) is 25. The van der Waals surface area contributed by atoms with Crippen LogP contribution in [0.15, 0.2) is 0 Å². The molecular formula is C42H86. The molecule has 42 heavy (non-hydrogen) atoms. The van der Waals surface area contributed by atoms with Crippen LogP contribution in [0.2, 0.25) is 0 Å². The zero-order valence-corrected chi connectivity index (χ0v) is 30.6. The van der Waals surface area contributed by atoms with Crippen molar-refractivity contribution in [2.75, 3.05) is 0 Å². The molecule has 0 N–H and O–H groups in total. The molecule has 2 unspecified atom stereocenters. The maximum Gasteiger partial charge on any atom is -0.0386 e. The van der Waals surface area contributed by atoms with Crippen LogP contribution in [0.25, 0.3) is 0 Å². The van der Waals surface area contributed by atoms with Crippen molar-refractivity contribution in [2.24, 2.45) is 11.8 Å². The number of hydrogen-bond acceptors (Lipinski definition) is 0. The molecule has 0 bridgehead atoms. The molecule has 0 spiro atoms. The van der Waals surface area contributed by atoms with E-state index in [4.69, 9.17) is 0 Å². The van der Waals surface area contributed by atoms with Gasteiger partial charge in [0.05, 0.1) is 0 Å². The zero-order chi connectivity index (χ0) is 30.6. The summed E-state index contributed by atoms with van der Waals surface area (Å²) in [6.07, 6.45) is 53.3. The van der Waals surface area contributed by atoms with Crippen molar-refractivity contribution in [3.63, 3.8) is 0 Å². The number of hydrogen-bond donors (Lipinski definition) is 0. The number of rotatable bonds is 29. The monoisotopic (exact) mass is 591 g/mol. The highest BCUT2D eigenvalue weighted by Crippen LogP contribution is 2.35. The predicted molar refractivity (Wildman–Crippen MR) is 196 cm³/mol. The first-order valence-electron chi connectivity index (χ1n) is 20.8. The molecule has 0 aromatic rings. The van der Waals surface area contributed by atoms with Gasteiger partial charge >= 0.3 is 0 Å². The average Bonchev–Trinajstić information content (AvgIpc) is 2.99. The summed E-state index contributed by atoms with van der Waals surface area (Å²) in [6, 6.07) is 0. The van der Waals surface area contributed by atoms with Gasteiger partial charge in [0.2, 0.25) is 0 Å². The molecule has 0 aromatic heterocycles. The van der Waals surface area contributed by atoms with Gasteiger partial charge in [0.25, 0.3) is 0 Å². The highest BCUT2D eigenvalue weighted by Gasteiger charge is 2.21. The van der Waals surface area contributed by atoms with Crippen LogP contribution in [0.1, 0.15) is 259 Å². The topological polar surface area (TPSA) is 0 Å². The van der Waals surface area contributed by atoms with E-state index in [-0.39, 0.29) is 0 Å². The summed E-state index contributed by atoms with van der Waals surface area (Å²) >= 11 is 0. The van der Waals surface area contributed by atoms with Crippen molar-refractivity contribution in [2.45, 2.75) is 259 Å². The van der Waals surface area contributed by atoms with Gasteiger partial charge in [0.15, 0.2) is 0 Å². The fraction of sp³-hybridized carbons (Fsp3) is 1.00. The Labute approximate surface area is 270 Å². The summed E-state index contributed by atoms with van der Waals surface area (Å²) in [7, 11) is 0. The first-order chi connectivity index (χ1) is 20.8. The van der Waals surface area contributed by atoms with E-state index in [0.717, 1.165) is 11.8 Å². The van der Waals surface area contributed by atoms with Crippen molar-refractivity contribution in [3.8, 4) is 0 Å². The molecule has 1 aliphatic rings. The molecule has 0 amide bonds. The SMILES string of the molecule is CCCCCCCCCC1CCCCCCC1CCCC.CCCCCCCCCCCCCCCCCCCCC. The minimum atomic E-state index is 1.07. The van der Waals surface area contributed by atoms with Gasteiger partial charge in [-0.05, 0) is 11.8 Å². The first kappa shape index (κ1) is 42.0. The van der Waals surface area contributed by atoms with Gasteiger partial charge in [-0.15, -0.1) is 0 Å². The molecule has 0 nitrogen and oxygen atoms in total. The van der Waals surface area contributed by atoms with Gasteiger partial charge in [-0.3, -0.25) is 0 Å². The van der Waals surface area contributed by atoms with E-state index >= 15 is 0 Å². The Morgan fingerprint density at radius 1 is 0.262 bits per heavy atom. The summed E-state index contributed by atoms with van der Waals surface area (Å²) in [5.74, 6) is 2.15. The van der Waals surface area contributed by atoms with Gasteiger partial charge in [-0.25, -0.2) is 0 Å². The van der Waals surface area contributed by atoms with Crippen molar-refractivity contribution < 1.29 is 0 Å². The van der Waals surface area contributed by atoms with E-state index in [1.807, 2.05) is 0 Å². The molecule has 1 rings (SSSR count). The van der Waals surface area contributed by atoms with Crippen molar-refractivity contribution >= 4 is 0 Å². The summed E-state index contributed by atoms with van der Waals surface area (Å²) < 4.78 is 0. The molecule has 254 valence electrons. The maximum atomic E-state index is 2.36. The van der Waals surface area contributed by atoms with E-state index < -0.39 is 0 Å². The second kappa shape index (κ2) is 37.2. The van der Waals surface area contributed by atoms with Gasteiger partial charge in [-0.1, -0.05) is 259 Å². The smallest absolute Gasteiger partial charge is 0.0386 e. The molecule has 1 saturated carbocycles. The molecule has 0 aromatic carbocycles. The van der Waals surface area contributed by atoms with E-state index in [0.29, 0.717) is 0 Å². The fourth-order valence-electron chi connectivity index (χ4n) is 7.38. The van der Waals surface area contributed by atoms with Gasteiger partial charge < -0.3 is 0 Å². The van der Waals surface area contributed by atoms with E-state index in [2.05, 4.69) is 27.7 Å². The Morgan fingerprint density at radius 3 is 0.786 bits per heavy atom. The lowest BCUT2D eigenvalue weighted by molar-refractivity contribution is 0.224. The Morgan fingerprint density at radius 2 is 0.500 bits per heavy atom. The lowest BCUT2D eigenvalue weighted by Gasteiger charge is -2.29. The van der Waals surface area contributed by atoms with Crippen molar-refractivity contribution in [1.82, 2.24) is 0 Å². The summed E-state index contributed by atoms with van der Waals surface area (Å²) in [4.78, 5) is 0. The van der Waals surface area contributed by atoms with Crippen molar-refractivity contribution in [3.05, 3.63) is 0 Å². The molecule has 1 aliphatic carbocycles. The molecule has 1 fully saturated rings. The molecule has 0 saturated heterocycles. The van der Waals surface area contributed by atoms with Gasteiger partial charge in [0.1, 0.15) is 0 Å². The lowest BCUT2D eigenvalue weighted by Crippen LogP contribution is -2.17. The molecule has 0 heterocycles. The third kappa shape index (κ3) is 31.4. The summed E-state index contributed by atoms with van der Waals surface area (Å²) in [5.41, 5.74) is 0. The third-order valence-electron chi connectivity index (χ3n) is 10.4. The van der Waals surface area contributed by atoms with Crippen LogP contribution < -0.4 is 0 Å². The van der Waals surface area contributed by atoms with Gasteiger partial charge in [-0.2, -0.15) is 0 Å². The standard InChI is InChI=1S/C21H42.C21H44/c1-3-5-7-8-9-10-13-18-21-19-15-12-11-14-17-20(21)16-6-4-2;1-3-5-7-9-11-13-15-17-19-21-20-18-16-14-12-10-8-6-4-2/h20-21H,3-19H2,1-2H3;3-21H2,1-2H3. The Hall–Kier alpha value is 0. The summed E-state index contributed by atoms with van der Waals surface area (Å²) in [6.45, 7) is 9.26. The Balaban J connectivity index is 0.000000800. The van der Waals surface area contributed by atoms with Crippen LogP contribution in [0.3, 0.4) is 0 Å². The third-order valence-corrected chi connectivity index (χ3v) is 10.4. The van der Waals surface area contributed by atoms with Crippen LogP contribution in [-0.4, -0.2) is 0 Å². The minimum absolute atomic E-state index is 1.07. The van der Waals surface area contributed by atoms with E-state index in [1.54, 1.807) is 19.3 Å². The molecule has 0 aliphatic heterocycles. The second-order valence-corrected chi connectivity index (χ2v) is 14.6. The molecular weight excluding hydrogens is 504 g/mol. The van der Waals surface area contributed by atoms with Gasteiger partial charge in [0, 0.05) is 0 Å². The molecule has 0 radical (unpaired) electrons.